The number of nitrogens with one attached hydrogen (secondary N) is 1. The predicted molar refractivity (Wildman–Crippen MR) is 67.6 cm³/mol. The van der Waals surface area contributed by atoms with Gasteiger partial charge in [-0.1, -0.05) is 13.8 Å². The van der Waals surface area contributed by atoms with Crippen molar-refractivity contribution < 1.29 is 9.66 Å². The monoisotopic (exact) mass is 238 g/mol. The predicted octanol–water partition coefficient (Wildman–Crippen LogP) is 3.06. The second-order valence-electron chi connectivity index (χ2n) is 4.25. The number of ether oxygens (including phenoxy) is 1. The largest absolute Gasteiger partial charge is 0.490 e. The number of benzene rings is 1. The maximum absolute atomic E-state index is 10.7. The maximum Gasteiger partial charge on any atom is 0.311 e. The first-order valence-corrected chi connectivity index (χ1v) is 5.61. The molecule has 17 heavy (non-hydrogen) atoms. The van der Waals surface area contributed by atoms with E-state index < -0.39 is 4.92 Å². The van der Waals surface area contributed by atoms with Gasteiger partial charge < -0.3 is 10.1 Å². The molecule has 0 atom stereocenters. The minimum absolute atomic E-state index is 0.0121. The van der Waals surface area contributed by atoms with Crippen molar-refractivity contribution in [3.63, 3.8) is 0 Å². The van der Waals surface area contributed by atoms with Crippen LogP contribution in [0.5, 0.6) is 5.75 Å². The molecule has 94 valence electrons. The zero-order valence-electron chi connectivity index (χ0n) is 10.4. The fraction of sp³-hybridized carbons (Fsp3) is 0.500. The summed E-state index contributed by atoms with van der Waals surface area (Å²) in [5.41, 5.74) is 0.829. The van der Waals surface area contributed by atoms with Crippen molar-refractivity contribution in [2.24, 2.45) is 5.92 Å². The minimum Gasteiger partial charge on any atom is -0.490 e. The van der Waals surface area contributed by atoms with E-state index in [1.807, 2.05) is 0 Å². The molecule has 5 heteroatoms. The fourth-order valence-corrected chi connectivity index (χ4v) is 1.44. The normalized spacial score (nSPS) is 10.4. The third kappa shape index (κ3) is 3.94. The summed E-state index contributed by atoms with van der Waals surface area (Å²) in [6.07, 6.45) is 1.05. The van der Waals surface area contributed by atoms with E-state index >= 15 is 0 Å². The minimum atomic E-state index is -0.448. The second-order valence-corrected chi connectivity index (χ2v) is 4.25. The SMILES string of the molecule is COc1cc(NCCC(C)C)ccc1[N+](=O)[O-]. The summed E-state index contributed by atoms with van der Waals surface area (Å²) in [4.78, 5) is 10.3. The lowest BCUT2D eigenvalue weighted by molar-refractivity contribution is -0.385. The molecule has 1 aromatic carbocycles. The molecule has 0 aromatic heterocycles. The van der Waals surface area contributed by atoms with Gasteiger partial charge in [0.1, 0.15) is 0 Å². The van der Waals surface area contributed by atoms with Gasteiger partial charge in [-0.3, -0.25) is 10.1 Å². The Kier molecular flexibility index (Phi) is 4.75. The molecule has 0 amide bonds. The Balaban J connectivity index is 2.72. The molecule has 0 aliphatic rings. The highest BCUT2D eigenvalue weighted by molar-refractivity contribution is 5.57. The van der Waals surface area contributed by atoms with Crippen LogP contribution in [0.25, 0.3) is 0 Å². The average molecular weight is 238 g/mol. The van der Waals surface area contributed by atoms with Crippen LogP contribution >= 0.6 is 0 Å². The van der Waals surface area contributed by atoms with Crippen molar-refractivity contribution in [3.05, 3.63) is 28.3 Å². The summed E-state index contributed by atoms with van der Waals surface area (Å²) in [7, 11) is 1.43. The van der Waals surface area contributed by atoms with Crippen LogP contribution in [-0.2, 0) is 0 Å². The summed E-state index contributed by atoms with van der Waals surface area (Å²) in [5.74, 6) is 0.909. The molecule has 0 heterocycles. The number of anilines is 1. The molecular weight excluding hydrogens is 220 g/mol. The number of nitrogens with zero attached hydrogens (tertiary/aromatic N) is 1. The topological polar surface area (TPSA) is 64.4 Å². The molecule has 0 radical (unpaired) electrons. The summed E-state index contributed by atoms with van der Waals surface area (Å²) >= 11 is 0. The maximum atomic E-state index is 10.7. The van der Waals surface area contributed by atoms with E-state index in [9.17, 15) is 10.1 Å². The summed E-state index contributed by atoms with van der Waals surface area (Å²) < 4.78 is 4.99. The number of methoxy groups -OCH3 is 1. The first-order chi connectivity index (χ1) is 8.04. The van der Waals surface area contributed by atoms with E-state index in [2.05, 4.69) is 19.2 Å². The van der Waals surface area contributed by atoms with Crippen molar-refractivity contribution in [2.75, 3.05) is 19.0 Å². The molecule has 1 rings (SSSR count). The number of nitro benzene ring substituents is 1. The molecule has 0 aliphatic carbocycles. The van der Waals surface area contributed by atoms with Crippen LogP contribution in [0.15, 0.2) is 18.2 Å². The number of nitro groups is 1. The third-order valence-electron chi connectivity index (χ3n) is 2.43. The van der Waals surface area contributed by atoms with E-state index in [-0.39, 0.29) is 11.4 Å². The molecule has 0 saturated carbocycles. The van der Waals surface area contributed by atoms with Crippen LogP contribution in [-0.4, -0.2) is 18.6 Å². The van der Waals surface area contributed by atoms with Gasteiger partial charge in [0.25, 0.3) is 0 Å². The van der Waals surface area contributed by atoms with Gasteiger partial charge in [-0.15, -0.1) is 0 Å². The third-order valence-corrected chi connectivity index (χ3v) is 2.43. The van der Waals surface area contributed by atoms with E-state index in [1.165, 1.54) is 13.2 Å². The van der Waals surface area contributed by atoms with Crippen molar-refractivity contribution >= 4 is 11.4 Å². The number of rotatable bonds is 6. The molecule has 1 N–H and O–H groups in total. The molecule has 1 aromatic rings. The highest BCUT2D eigenvalue weighted by atomic mass is 16.6. The Morgan fingerprint density at radius 1 is 1.47 bits per heavy atom. The van der Waals surface area contributed by atoms with E-state index in [0.29, 0.717) is 5.92 Å². The molecular formula is C12H18N2O3. The Morgan fingerprint density at radius 3 is 2.71 bits per heavy atom. The van der Waals surface area contributed by atoms with E-state index in [4.69, 9.17) is 4.74 Å². The van der Waals surface area contributed by atoms with Crippen LogP contribution in [0.2, 0.25) is 0 Å². The van der Waals surface area contributed by atoms with Gasteiger partial charge in [-0.2, -0.15) is 0 Å². The molecule has 0 unspecified atom stereocenters. The van der Waals surface area contributed by atoms with Crippen LogP contribution < -0.4 is 10.1 Å². The summed E-state index contributed by atoms with van der Waals surface area (Å²) in [5, 5.41) is 13.9. The Morgan fingerprint density at radius 2 is 2.18 bits per heavy atom. The lowest BCUT2D eigenvalue weighted by atomic mass is 10.1. The lowest BCUT2D eigenvalue weighted by Gasteiger charge is -2.09. The Bertz CT molecular complexity index is 391. The smallest absolute Gasteiger partial charge is 0.311 e. The van der Waals surface area contributed by atoms with E-state index in [0.717, 1.165) is 18.7 Å². The highest BCUT2D eigenvalue weighted by Gasteiger charge is 2.14. The van der Waals surface area contributed by atoms with Crippen molar-refractivity contribution in [1.29, 1.82) is 0 Å². The van der Waals surface area contributed by atoms with Crippen molar-refractivity contribution in [1.82, 2.24) is 0 Å². The second kappa shape index (κ2) is 6.08. The fourth-order valence-electron chi connectivity index (χ4n) is 1.44. The number of hydrogen-bond donors (Lipinski definition) is 1. The molecule has 5 nitrogen and oxygen atoms in total. The molecule has 0 bridgehead atoms. The van der Waals surface area contributed by atoms with Crippen LogP contribution in [0.1, 0.15) is 20.3 Å². The zero-order chi connectivity index (χ0) is 12.8. The van der Waals surface area contributed by atoms with Gasteiger partial charge in [-0.25, -0.2) is 0 Å². The zero-order valence-corrected chi connectivity index (χ0v) is 10.4. The first-order valence-electron chi connectivity index (χ1n) is 5.61. The van der Waals surface area contributed by atoms with Gasteiger partial charge in [0.05, 0.1) is 12.0 Å². The molecule has 0 aliphatic heterocycles. The first kappa shape index (κ1) is 13.3. The van der Waals surface area contributed by atoms with Crippen LogP contribution in [0.4, 0.5) is 11.4 Å². The highest BCUT2D eigenvalue weighted by Crippen LogP contribution is 2.29. The van der Waals surface area contributed by atoms with Crippen LogP contribution in [0, 0.1) is 16.0 Å². The molecule has 0 spiro atoms. The summed E-state index contributed by atoms with van der Waals surface area (Å²) in [6, 6.07) is 4.80. The van der Waals surface area contributed by atoms with E-state index in [1.54, 1.807) is 12.1 Å². The van der Waals surface area contributed by atoms with Crippen LogP contribution in [0.3, 0.4) is 0 Å². The average Bonchev–Trinajstić information content (AvgIpc) is 2.28. The Labute approximate surface area is 101 Å². The quantitative estimate of drug-likeness (QED) is 0.611. The standard InChI is InChI=1S/C12H18N2O3/c1-9(2)6-7-13-10-4-5-11(14(15)16)12(8-10)17-3/h4-5,8-9,13H,6-7H2,1-3H3. The van der Waals surface area contributed by atoms with Gasteiger partial charge in [0.15, 0.2) is 5.75 Å². The lowest BCUT2D eigenvalue weighted by Crippen LogP contribution is -2.05. The number of hydrogen-bond acceptors (Lipinski definition) is 4. The molecule has 0 fully saturated rings. The Hall–Kier alpha value is -1.78. The van der Waals surface area contributed by atoms with Gasteiger partial charge in [-0.05, 0) is 18.4 Å². The summed E-state index contributed by atoms with van der Waals surface area (Å²) in [6.45, 7) is 5.15. The van der Waals surface area contributed by atoms with Crippen molar-refractivity contribution in [2.45, 2.75) is 20.3 Å². The molecule has 0 saturated heterocycles. The van der Waals surface area contributed by atoms with Gasteiger partial charge >= 0.3 is 5.69 Å². The van der Waals surface area contributed by atoms with Crippen molar-refractivity contribution in [3.8, 4) is 5.75 Å². The van der Waals surface area contributed by atoms with Gasteiger partial charge in [0, 0.05) is 24.4 Å². The van der Waals surface area contributed by atoms with Gasteiger partial charge in [0.2, 0.25) is 0 Å².